The molecule has 2 N–H and O–H groups in total. The van der Waals surface area contributed by atoms with Crippen molar-refractivity contribution in [2.45, 2.75) is 64.5 Å². The highest BCUT2D eigenvalue weighted by molar-refractivity contribution is 6.06. The molecule has 1 aliphatic rings. The summed E-state index contributed by atoms with van der Waals surface area (Å²) in [5, 5.41) is 17.6. The Kier molecular flexibility index (Phi) is 4.35. The second kappa shape index (κ2) is 6.28. The van der Waals surface area contributed by atoms with E-state index in [4.69, 9.17) is 4.52 Å². The van der Waals surface area contributed by atoms with Crippen LogP contribution in [-0.2, 0) is 0 Å². The molecule has 23 heavy (non-hydrogen) atoms. The third-order valence-electron chi connectivity index (χ3n) is 4.52. The van der Waals surface area contributed by atoms with Gasteiger partial charge < -0.3 is 14.9 Å². The van der Waals surface area contributed by atoms with Crippen LogP contribution in [0.15, 0.2) is 10.6 Å². The summed E-state index contributed by atoms with van der Waals surface area (Å²) in [7, 11) is 0. The fourth-order valence-corrected chi connectivity index (χ4v) is 3.11. The smallest absolute Gasteiger partial charge is 0.259 e. The van der Waals surface area contributed by atoms with E-state index in [1.807, 2.05) is 19.9 Å². The molecule has 2 aromatic heterocycles. The molecule has 0 bridgehead atoms. The normalized spacial score (nSPS) is 21.8. The molecule has 1 amide bonds. The minimum absolute atomic E-state index is 0.177. The number of carbonyl (C=O) groups is 1. The van der Waals surface area contributed by atoms with Crippen LogP contribution >= 0.6 is 0 Å². The predicted octanol–water partition coefficient (Wildman–Crippen LogP) is 2.69. The fraction of sp³-hybridized carbons (Fsp3) is 0.588. The minimum Gasteiger partial charge on any atom is -0.391 e. The molecule has 6 nitrogen and oxygen atoms in total. The van der Waals surface area contributed by atoms with Crippen LogP contribution in [0.25, 0.3) is 11.1 Å². The van der Waals surface area contributed by atoms with Crippen LogP contribution in [0.3, 0.4) is 0 Å². The summed E-state index contributed by atoms with van der Waals surface area (Å²) in [6.07, 6.45) is 3.10. The highest BCUT2D eigenvalue weighted by Gasteiger charge is 2.27. The minimum atomic E-state index is -0.474. The molecule has 2 aromatic rings. The van der Waals surface area contributed by atoms with Gasteiger partial charge in [-0.15, -0.1) is 0 Å². The van der Waals surface area contributed by atoms with Crippen molar-refractivity contribution in [3.8, 4) is 0 Å². The van der Waals surface area contributed by atoms with Gasteiger partial charge in [0.1, 0.15) is 0 Å². The maximum atomic E-state index is 12.8. The van der Waals surface area contributed by atoms with Crippen LogP contribution in [0.4, 0.5) is 0 Å². The number of aliphatic hydroxyl groups is 1. The lowest BCUT2D eigenvalue weighted by molar-refractivity contribution is 0.0718. The third-order valence-corrected chi connectivity index (χ3v) is 4.52. The first-order valence-electron chi connectivity index (χ1n) is 8.23. The summed E-state index contributed by atoms with van der Waals surface area (Å²) in [6.45, 7) is 5.84. The van der Waals surface area contributed by atoms with Crippen LogP contribution in [0.1, 0.15) is 67.2 Å². The number of hydrogen-bond donors (Lipinski definition) is 2. The zero-order valence-electron chi connectivity index (χ0n) is 13.8. The van der Waals surface area contributed by atoms with Crippen LogP contribution < -0.4 is 5.32 Å². The molecule has 124 valence electrons. The Labute approximate surface area is 135 Å². The van der Waals surface area contributed by atoms with Crippen molar-refractivity contribution in [1.29, 1.82) is 0 Å². The maximum absolute atomic E-state index is 12.8. The van der Waals surface area contributed by atoms with Crippen LogP contribution in [0.5, 0.6) is 0 Å². The van der Waals surface area contributed by atoms with Gasteiger partial charge in [-0.25, -0.2) is 4.98 Å². The molecule has 2 heterocycles. The number of fused-ring (bicyclic) bond motifs is 1. The Morgan fingerprint density at radius 2 is 2.13 bits per heavy atom. The zero-order chi connectivity index (χ0) is 16.6. The topological polar surface area (TPSA) is 88.2 Å². The van der Waals surface area contributed by atoms with Gasteiger partial charge in [0, 0.05) is 5.69 Å². The Morgan fingerprint density at radius 1 is 1.39 bits per heavy atom. The molecule has 1 fully saturated rings. The second-order valence-electron chi connectivity index (χ2n) is 6.63. The fourth-order valence-electron chi connectivity index (χ4n) is 3.11. The van der Waals surface area contributed by atoms with Crippen LogP contribution in [0, 0.1) is 6.92 Å². The molecular formula is C17H23N3O3. The average Bonchev–Trinajstić information content (AvgIpc) is 2.90. The van der Waals surface area contributed by atoms with Gasteiger partial charge in [0.15, 0.2) is 0 Å². The molecule has 0 aliphatic heterocycles. The lowest BCUT2D eigenvalue weighted by Crippen LogP contribution is -2.45. The van der Waals surface area contributed by atoms with E-state index in [0.717, 1.165) is 31.4 Å². The number of hydrogen-bond acceptors (Lipinski definition) is 5. The Hall–Kier alpha value is -1.95. The maximum Gasteiger partial charge on any atom is 0.259 e. The first-order chi connectivity index (χ1) is 11.0. The Bertz CT molecular complexity index is 723. The van der Waals surface area contributed by atoms with Gasteiger partial charge in [0.05, 0.1) is 28.8 Å². The van der Waals surface area contributed by atoms with E-state index in [9.17, 15) is 9.90 Å². The van der Waals surface area contributed by atoms with Crippen LogP contribution in [0.2, 0.25) is 0 Å². The molecular weight excluding hydrogens is 294 g/mol. The molecule has 0 radical (unpaired) electrons. The molecule has 0 saturated heterocycles. The van der Waals surface area contributed by atoms with Gasteiger partial charge in [-0.3, -0.25) is 4.79 Å². The van der Waals surface area contributed by atoms with E-state index in [0.29, 0.717) is 22.4 Å². The van der Waals surface area contributed by atoms with E-state index < -0.39 is 6.10 Å². The molecule has 0 spiro atoms. The molecule has 1 aliphatic carbocycles. The first kappa shape index (κ1) is 15.9. The van der Waals surface area contributed by atoms with Crippen molar-refractivity contribution in [2.75, 3.05) is 0 Å². The summed E-state index contributed by atoms with van der Waals surface area (Å²) < 4.78 is 5.25. The summed E-state index contributed by atoms with van der Waals surface area (Å²) in [4.78, 5) is 17.2. The van der Waals surface area contributed by atoms with Crippen molar-refractivity contribution in [3.63, 3.8) is 0 Å². The average molecular weight is 317 g/mol. The summed E-state index contributed by atoms with van der Waals surface area (Å²) >= 11 is 0. The molecule has 6 heteroatoms. The number of rotatable bonds is 3. The van der Waals surface area contributed by atoms with Gasteiger partial charge in [0.25, 0.3) is 11.6 Å². The Morgan fingerprint density at radius 3 is 2.83 bits per heavy atom. The van der Waals surface area contributed by atoms with Gasteiger partial charge >= 0.3 is 0 Å². The summed E-state index contributed by atoms with van der Waals surface area (Å²) in [5.74, 6) is -0.0202. The predicted molar refractivity (Wildman–Crippen MR) is 86.4 cm³/mol. The number of carbonyl (C=O) groups excluding carboxylic acids is 1. The van der Waals surface area contributed by atoms with E-state index in [1.165, 1.54) is 0 Å². The van der Waals surface area contributed by atoms with E-state index in [2.05, 4.69) is 15.5 Å². The van der Waals surface area contributed by atoms with Gasteiger partial charge in [-0.2, -0.15) is 0 Å². The molecule has 2 atom stereocenters. The van der Waals surface area contributed by atoms with Crippen molar-refractivity contribution in [2.24, 2.45) is 0 Å². The number of aliphatic hydroxyl groups excluding tert-OH is 1. The number of pyridine rings is 1. The molecule has 0 aromatic carbocycles. The third kappa shape index (κ3) is 3.08. The zero-order valence-corrected chi connectivity index (χ0v) is 13.8. The Balaban J connectivity index is 1.96. The number of aryl methyl sites for hydroxylation is 1. The lowest BCUT2D eigenvalue weighted by atomic mass is 9.92. The van der Waals surface area contributed by atoms with Crippen molar-refractivity contribution in [1.82, 2.24) is 15.5 Å². The second-order valence-corrected chi connectivity index (χ2v) is 6.63. The highest BCUT2D eigenvalue weighted by atomic mass is 16.5. The number of nitrogens with zero attached hydrogens (tertiary/aromatic N) is 2. The van der Waals surface area contributed by atoms with Gasteiger partial charge in [0.2, 0.25) is 0 Å². The van der Waals surface area contributed by atoms with Gasteiger partial charge in [-0.1, -0.05) is 31.8 Å². The molecule has 2 unspecified atom stereocenters. The molecule has 1 saturated carbocycles. The van der Waals surface area contributed by atoms with Crippen LogP contribution in [-0.4, -0.2) is 33.3 Å². The monoisotopic (exact) mass is 317 g/mol. The summed E-state index contributed by atoms with van der Waals surface area (Å²) in [5.41, 5.74) is 2.36. The van der Waals surface area contributed by atoms with Crippen molar-refractivity contribution >= 4 is 17.0 Å². The number of nitrogens with one attached hydrogen (secondary N) is 1. The van der Waals surface area contributed by atoms with Crippen molar-refractivity contribution < 1.29 is 14.4 Å². The lowest BCUT2D eigenvalue weighted by Gasteiger charge is -2.28. The quantitative estimate of drug-likeness (QED) is 0.908. The van der Waals surface area contributed by atoms with E-state index >= 15 is 0 Å². The molecule has 3 rings (SSSR count). The largest absolute Gasteiger partial charge is 0.391 e. The first-order valence-corrected chi connectivity index (χ1v) is 8.23. The van der Waals surface area contributed by atoms with E-state index in [-0.39, 0.29) is 17.9 Å². The van der Waals surface area contributed by atoms with E-state index in [1.54, 1.807) is 6.92 Å². The number of amides is 1. The SMILES string of the molecule is Cc1noc2nc(C(C)C)cc(C(=O)NC3CCCCC3O)c12. The van der Waals surface area contributed by atoms with Gasteiger partial charge in [-0.05, 0) is 31.7 Å². The highest BCUT2D eigenvalue weighted by Crippen LogP contribution is 2.26. The number of aromatic nitrogens is 2. The van der Waals surface area contributed by atoms with Crippen molar-refractivity contribution in [3.05, 3.63) is 23.0 Å². The standard InChI is InChI=1S/C17H23N3O3/c1-9(2)13-8-11(15-10(3)20-23-17(15)19-13)16(22)18-12-6-4-5-7-14(12)21/h8-9,12,14,21H,4-7H2,1-3H3,(H,18,22). The summed E-state index contributed by atoms with van der Waals surface area (Å²) in [6, 6.07) is 1.61.